The lowest BCUT2D eigenvalue weighted by atomic mass is 9.96. The third-order valence-corrected chi connectivity index (χ3v) is 5.61. The molecule has 8 heteroatoms. The fourth-order valence-corrected chi connectivity index (χ4v) is 4.20. The number of aromatic nitrogens is 5. The van der Waals surface area contributed by atoms with E-state index in [1.165, 1.54) is 11.6 Å². The smallest absolute Gasteiger partial charge is 0.222 e. The number of rotatable bonds is 3. The number of nitrogen functional groups attached to an aromatic ring is 1. The van der Waals surface area contributed by atoms with Gasteiger partial charge in [-0.3, -0.25) is 0 Å². The SMILES string of the molecule is Nc1nc2c(c(N3CCn4c(Cc5ccccc5F)nnc4C3)n1)CCCC2. The van der Waals surface area contributed by atoms with Gasteiger partial charge in [-0.15, -0.1) is 10.2 Å². The van der Waals surface area contributed by atoms with E-state index in [1.807, 2.05) is 6.07 Å². The predicted octanol–water partition coefficient (Wildman–Crippen LogP) is 2.28. The summed E-state index contributed by atoms with van der Waals surface area (Å²) in [5.41, 5.74) is 8.91. The van der Waals surface area contributed by atoms with E-state index in [2.05, 4.69) is 29.6 Å². The minimum atomic E-state index is -0.208. The molecule has 0 fully saturated rings. The molecule has 0 bridgehead atoms. The molecular weight excluding hydrogens is 357 g/mol. The standard InChI is InChI=1S/C20H22FN7/c21-15-7-3-1-5-13(15)11-17-25-26-18-12-27(9-10-28(17)18)19-14-6-2-4-8-16(14)23-20(22)24-19/h1,3,5,7H,2,4,6,8-12H2,(H2,22,23,24). The van der Waals surface area contributed by atoms with Crippen LogP contribution in [0.3, 0.4) is 0 Å². The number of anilines is 2. The summed E-state index contributed by atoms with van der Waals surface area (Å²) in [4.78, 5) is 11.2. The first kappa shape index (κ1) is 17.1. The second-order valence-electron chi connectivity index (χ2n) is 7.41. The average molecular weight is 379 g/mol. The van der Waals surface area contributed by atoms with Crippen molar-refractivity contribution in [2.45, 2.75) is 45.2 Å². The number of halogens is 1. The van der Waals surface area contributed by atoms with Gasteiger partial charge in [-0.1, -0.05) is 18.2 Å². The van der Waals surface area contributed by atoms with Crippen molar-refractivity contribution in [2.24, 2.45) is 0 Å². The monoisotopic (exact) mass is 379 g/mol. The highest BCUT2D eigenvalue weighted by Gasteiger charge is 2.26. The topological polar surface area (TPSA) is 85.8 Å². The summed E-state index contributed by atoms with van der Waals surface area (Å²) in [6.45, 7) is 2.15. The van der Waals surface area contributed by atoms with Gasteiger partial charge in [0.1, 0.15) is 17.5 Å². The number of nitrogens with zero attached hydrogens (tertiary/aromatic N) is 6. The molecule has 1 aliphatic carbocycles. The Morgan fingerprint density at radius 3 is 2.79 bits per heavy atom. The van der Waals surface area contributed by atoms with Crippen molar-refractivity contribution < 1.29 is 4.39 Å². The van der Waals surface area contributed by atoms with E-state index < -0.39 is 0 Å². The summed E-state index contributed by atoms with van der Waals surface area (Å²) in [7, 11) is 0. The summed E-state index contributed by atoms with van der Waals surface area (Å²) in [5, 5.41) is 8.70. The molecule has 0 saturated heterocycles. The van der Waals surface area contributed by atoms with E-state index in [0.717, 1.165) is 61.9 Å². The molecule has 144 valence electrons. The van der Waals surface area contributed by atoms with Crippen LogP contribution in [0, 0.1) is 5.82 Å². The lowest BCUT2D eigenvalue weighted by molar-refractivity contribution is 0.536. The van der Waals surface area contributed by atoms with E-state index in [4.69, 9.17) is 5.73 Å². The van der Waals surface area contributed by atoms with Gasteiger partial charge in [0.05, 0.1) is 12.2 Å². The maximum atomic E-state index is 14.0. The molecule has 0 spiro atoms. The fraction of sp³-hybridized carbons (Fsp3) is 0.400. The van der Waals surface area contributed by atoms with Crippen LogP contribution in [-0.2, 0) is 32.4 Å². The Kier molecular flexibility index (Phi) is 4.18. The summed E-state index contributed by atoms with van der Waals surface area (Å²) >= 11 is 0. The third-order valence-electron chi connectivity index (χ3n) is 5.61. The van der Waals surface area contributed by atoms with Crippen molar-refractivity contribution in [3.8, 4) is 0 Å². The quantitative estimate of drug-likeness (QED) is 0.751. The van der Waals surface area contributed by atoms with Crippen LogP contribution in [0.1, 0.15) is 41.3 Å². The molecular formula is C20H22FN7. The van der Waals surface area contributed by atoms with Crippen molar-refractivity contribution in [1.29, 1.82) is 0 Å². The number of hydrogen-bond donors (Lipinski definition) is 1. The van der Waals surface area contributed by atoms with Crippen molar-refractivity contribution in [1.82, 2.24) is 24.7 Å². The van der Waals surface area contributed by atoms with Crippen LogP contribution in [0.5, 0.6) is 0 Å². The molecule has 5 rings (SSSR count). The first-order chi connectivity index (χ1) is 13.7. The fourth-order valence-electron chi connectivity index (χ4n) is 4.20. The molecule has 0 radical (unpaired) electrons. The molecule has 7 nitrogen and oxygen atoms in total. The van der Waals surface area contributed by atoms with Gasteiger partial charge in [0.2, 0.25) is 5.95 Å². The summed E-state index contributed by atoms with van der Waals surface area (Å²) < 4.78 is 16.1. The van der Waals surface area contributed by atoms with E-state index in [0.29, 0.717) is 24.5 Å². The second kappa shape index (κ2) is 6.85. The predicted molar refractivity (Wildman–Crippen MR) is 103 cm³/mol. The van der Waals surface area contributed by atoms with Crippen LogP contribution in [0.4, 0.5) is 16.2 Å². The van der Waals surface area contributed by atoms with Crippen LogP contribution < -0.4 is 10.6 Å². The highest BCUT2D eigenvalue weighted by atomic mass is 19.1. The molecule has 2 N–H and O–H groups in total. The number of hydrogen-bond acceptors (Lipinski definition) is 6. The summed E-state index contributed by atoms with van der Waals surface area (Å²) in [5.74, 6) is 2.73. The number of fused-ring (bicyclic) bond motifs is 2. The van der Waals surface area contributed by atoms with Gasteiger partial charge in [0.15, 0.2) is 5.82 Å². The molecule has 3 heterocycles. The van der Waals surface area contributed by atoms with Crippen molar-refractivity contribution in [3.63, 3.8) is 0 Å². The maximum Gasteiger partial charge on any atom is 0.222 e. The highest BCUT2D eigenvalue weighted by Crippen LogP contribution is 2.30. The first-order valence-electron chi connectivity index (χ1n) is 9.73. The van der Waals surface area contributed by atoms with Crippen molar-refractivity contribution in [2.75, 3.05) is 17.2 Å². The molecule has 0 amide bonds. The van der Waals surface area contributed by atoms with Crippen molar-refractivity contribution >= 4 is 11.8 Å². The first-order valence-corrected chi connectivity index (χ1v) is 9.73. The van der Waals surface area contributed by atoms with Gasteiger partial charge in [-0.2, -0.15) is 4.98 Å². The minimum absolute atomic E-state index is 0.208. The van der Waals surface area contributed by atoms with Crippen LogP contribution in [0.2, 0.25) is 0 Å². The summed E-state index contributed by atoms with van der Waals surface area (Å²) in [6.07, 6.45) is 4.70. The highest BCUT2D eigenvalue weighted by molar-refractivity contribution is 5.53. The normalized spacial score (nSPS) is 16.0. The zero-order valence-electron chi connectivity index (χ0n) is 15.6. The van der Waals surface area contributed by atoms with Gasteiger partial charge in [0.25, 0.3) is 0 Å². The Morgan fingerprint density at radius 1 is 1.04 bits per heavy atom. The van der Waals surface area contributed by atoms with Crippen molar-refractivity contribution in [3.05, 3.63) is 58.6 Å². The Bertz CT molecular complexity index is 1030. The Balaban J connectivity index is 1.42. The van der Waals surface area contributed by atoms with E-state index in [1.54, 1.807) is 12.1 Å². The molecule has 0 unspecified atom stereocenters. The van der Waals surface area contributed by atoms with Crippen LogP contribution in [0.15, 0.2) is 24.3 Å². The van der Waals surface area contributed by atoms with Gasteiger partial charge < -0.3 is 15.2 Å². The molecule has 28 heavy (non-hydrogen) atoms. The van der Waals surface area contributed by atoms with Gasteiger partial charge in [-0.05, 0) is 37.3 Å². The zero-order chi connectivity index (χ0) is 19.1. The van der Waals surface area contributed by atoms with Crippen LogP contribution in [-0.4, -0.2) is 31.3 Å². The van der Waals surface area contributed by atoms with Gasteiger partial charge in [-0.25, -0.2) is 9.37 Å². The average Bonchev–Trinajstić information content (AvgIpc) is 3.11. The van der Waals surface area contributed by atoms with Crippen LogP contribution >= 0.6 is 0 Å². The van der Waals surface area contributed by atoms with Gasteiger partial charge >= 0.3 is 0 Å². The number of nitrogens with two attached hydrogens (primary N) is 1. The van der Waals surface area contributed by atoms with Gasteiger partial charge in [0, 0.05) is 25.1 Å². The van der Waals surface area contributed by atoms with E-state index in [-0.39, 0.29) is 5.82 Å². The molecule has 1 aromatic carbocycles. The molecule has 0 saturated carbocycles. The Labute approximate surface area is 162 Å². The van der Waals surface area contributed by atoms with E-state index >= 15 is 0 Å². The van der Waals surface area contributed by atoms with Crippen LogP contribution in [0.25, 0.3) is 0 Å². The molecule has 0 atom stereocenters. The second-order valence-corrected chi connectivity index (χ2v) is 7.41. The lowest BCUT2D eigenvalue weighted by Crippen LogP contribution is -2.36. The largest absolute Gasteiger partial charge is 0.368 e. The number of benzene rings is 1. The number of aryl methyl sites for hydroxylation is 1. The molecule has 3 aromatic rings. The molecule has 2 aromatic heterocycles. The minimum Gasteiger partial charge on any atom is -0.368 e. The molecule has 2 aliphatic rings. The molecule has 1 aliphatic heterocycles. The lowest BCUT2D eigenvalue weighted by Gasteiger charge is -2.31. The summed E-state index contributed by atoms with van der Waals surface area (Å²) in [6, 6.07) is 6.82. The third kappa shape index (κ3) is 2.98. The Hall–Kier alpha value is -3.03. The Morgan fingerprint density at radius 2 is 1.89 bits per heavy atom. The maximum absolute atomic E-state index is 14.0. The van der Waals surface area contributed by atoms with E-state index in [9.17, 15) is 4.39 Å². The zero-order valence-corrected chi connectivity index (χ0v) is 15.6.